The molecule has 0 aliphatic carbocycles. The quantitative estimate of drug-likeness (QED) is 0.409. The molecule has 6 nitrogen and oxygen atoms in total. The normalized spacial score (nSPS) is 19.6. The molecule has 108 valence electrons. The first-order valence-corrected chi connectivity index (χ1v) is 6.71. The first-order chi connectivity index (χ1) is 9.60. The zero-order valence-corrected chi connectivity index (χ0v) is 11.3. The van der Waals surface area contributed by atoms with Crippen LogP contribution in [0.25, 0.3) is 0 Å². The van der Waals surface area contributed by atoms with Gasteiger partial charge in [0.2, 0.25) is 5.91 Å². The summed E-state index contributed by atoms with van der Waals surface area (Å²) >= 11 is 0. The average Bonchev–Trinajstić information content (AvgIpc) is 2.47. The molecule has 1 fully saturated rings. The third kappa shape index (κ3) is 3.55. The number of primary amides is 1. The summed E-state index contributed by atoms with van der Waals surface area (Å²) in [4.78, 5) is 24.9. The summed E-state index contributed by atoms with van der Waals surface area (Å²) in [6, 6.07) is 7.32. The molecule has 1 aliphatic heterocycles. The molecule has 20 heavy (non-hydrogen) atoms. The van der Waals surface area contributed by atoms with E-state index in [1.54, 1.807) is 6.07 Å². The lowest BCUT2D eigenvalue weighted by Crippen LogP contribution is -2.40. The first kappa shape index (κ1) is 14.5. The third-order valence-electron chi connectivity index (χ3n) is 3.63. The van der Waals surface area contributed by atoms with Gasteiger partial charge in [-0.15, -0.1) is 0 Å². The van der Waals surface area contributed by atoms with E-state index in [1.165, 1.54) is 0 Å². The molecule has 1 aromatic rings. The Hall–Kier alpha value is -1.92. The fourth-order valence-corrected chi connectivity index (χ4v) is 2.58. The van der Waals surface area contributed by atoms with Crippen LogP contribution in [0.1, 0.15) is 28.8 Å². The Bertz CT molecular complexity index is 504. The molecular weight excluding hydrogens is 256 g/mol. The number of nitrogen functional groups attached to an aromatic ring is 1. The van der Waals surface area contributed by atoms with E-state index in [1.807, 2.05) is 18.2 Å². The van der Waals surface area contributed by atoms with Crippen LogP contribution in [0, 0.1) is 5.92 Å². The van der Waals surface area contributed by atoms with E-state index in [2.05, 4.69) is 10.3 Å². The Labute approximate surface area is 118 Å². The van der Waals surface area contributed by atoms with E-state index in [4.69, 9.17) is 11.6 Å². The number of likely N-dealkylation sites (tertiary alicyclic amines) is 1. The molecule has 2 rings (SSSR count). The lowest BCUT2D eigenvalue weighted by molar-refractivity contribution is -0.123. The van der Waals surface area contributed by atoms with E-state index >= 15 is 0 Å². The number of piperidine rings is 1. The van der Waals surface area contributed by atoms with Crippen LogP contribution >= 0.6 is 0 Å². The zero-order valence-electron chi connectivity index (χ0n) is 11.3. The molecule has 2 amide bonds. The number of carbonyl (C=O) groups excluding carboxylic acids is 2. The molecule has 0 bridgehead atoms. The number of rotatable bonds is 4. The predicted molar refractivity (Wildman–Crippen MR) is 75.3 cm³/mol. The number of hydrazine groups is 1. The summed E-state index contributed by atoms with van der Waals surface area (Å²) in [7, 11) is 0. The number of nitrogens with zero attached hydrogens (tertiary/aromatic N) is 1. The van der Waals surface area contributed by atoms with Gasteiger partial charge in [0.05, 0.1) is 5.92 Å². The number of hydrogen-bond acceptors (Lipinski definition) is 4. The summed E-state index contributed by atoms with van der Waals surface area (Å²) in [5, 5.41) is 0. The maximum atomic E-state index is 11.5. The fourth-order valence-electron chi connectivity index (χ4n) is 2.58. The highest BCUT2D eigenvalue weighted by atomic mass is 16.2. The highest BCUT2D eigenvalue weighted by Gasteiger charge is 2.23. The molecule has 6 heteroatoms. The number of carbonyl (C=O) groups is 2. The number of benzene rings is 1. The van der Waals surface area contributed by atoms with Crippen molar-refractivity contribution in [1.82, 2.24) is 10.3 Å². The van der Waals surface area contributed by atoms with Gasteiger partial charge in [-0.05, 0) is 37.1 Å². The Morgan fingerprint density at radius 2 is 2.20 bits per heavy atom. The zero-order chi connectivity index (χ0) is 14.5. The van der Waals surface area contributed by atoms with Crippen LogP contribution in [0.3, 0.4) is 0 Å². The number of hydrogen-bond donors (Lipinski definition) is 3. The van der Waals surface area contributed by atoms with Gasteiger partial charge in [0.15, 0.2) is 0 Å². The SMILES string of the molecule is NNC(=O)c1cccc(CN2CCCC(C(N)=O)C2)c1. The maximum absolute atomic E-state index is 11.5. The van der Waals surface area contributed by atoms with Gasteiger partial charge < -0.3 is 5.73 Å². The molecule has 0 spiro atoms. The molecule has 1 unspecified atom stereocenters. The Morgan fingerprint density at radius 1 is 1.40 bits per heavy atom. The predicted octanol–water partition coefficient (Wildman–Crippen LogP) is -0.0126. The average molecular weight is 276 g/mol. The lowest BCUT2D eigenvalue weighted by Gasteiger charge is -2.31. The van der Waals surface area contributed by atoms with Crippen LogP contribution in [0.4, 0.5) is 0 Å². The van der Waals surface area contributed by atoms with E-state index in [0.717, 1.165) is 24.9 Å². The highest BCUT2D eigenvalue weighted by Crippen LogP contribution is 2.18. The summed E-state index contributed by atoms with van der Waals surface area (Å²) in [6.45, 7) is 2.33. The number of nitrogens with one attached hydrogen (secondary N) is 1. The van der Waals surface area contributed by atoms with Crippen molar-refractivity contribution < 1.29 is 9.59 Å². The van der Waals surface area contributed by atoms with Crippen LogP contribution in [0.15, 0.2) is 24.3 Å². The standard InChI is InChI=1S/C14H20N4O2/c15-13(19)12-5-2-6-18(9-12)8-10-3-1-4-11(7-10)14(20)17-16/h1,3-4,7,12H,2,5-6,8-9,16H2,(H2,15,19)(H,17,20). The van der Waals surface area contributed by atoms with Crippen LogP contribution in [0.2, 0.25) is 0 Å². The summed E-state index contributed by atoms with van der Waals surface area (Å²) in [6.07, 6.45) is 1.83. The topological polar surface area (TPSA) is 101 Å². The monoisotopic (exact) mass is 276 g/mol. The molecule has 5 N–H and O–H groups in total. The van der Waals surface area contributed by atoms with Crippen LogP contribution in [-0.2, 0) is 11.3 Å². The van der Waals surface area contributed by atoms with Gasteiger partial charge in [0, 0.05) is 18.7 Å². The minimum Gasteiger partial charge on any atom is -0.369 e. The van der Waals surface area contributed by atoms with Gasteiger partial charge in [0.1, 0.15) is 0 Å². The molecule has 1 aliphatic rings. The van der Waals surface area contributed by atoms with E-state index in [9.17, 15) is 9.59 Å². The third-order valence-corrected chi connectivity index (χ3v) is 3.63. The van der Waals surface area contributed by atoms with Crippen molar-refractivity contribution in [2.24, 2.45) is 17.5 Å². The maximum Gasteiger partial charge on any atom is 0.265 e. The fraction of sp³-hybridized carbons (Fsp3) is 0.429. The Balaban J connectivity index is 2.02. The molecule has 1 heterocycles. The summed E-state index contributed by atoms with van der Waals surface area (Å²) in [5.74, 6) is 4.52. The molecule has 0 saturated carbocycles. The largest absolute Gasteiger partial charge is 0.369 e. The second-order valence-corrected chi connectivity index (χ2v) is 5.15. The van der Waals surface area contributed by atoms with Gasteiger partial charge in [0.25, 0.3) is 5.91 Å². The number of amides is 2. The summed E-state index contributed by atoms with van der Waals surface area (Å²) < 4.78 is 0. The van der Waals surface area contributed by atoms with E-state index in [-0.39, 0.29) is 17.7 Å². The molecular formula is C14H20N4O2. The molecule has 0 radical (unpaired) electrons. The molecule has 0 aromatic heterocycles. The van der Waals surface area contributed by atoms with Crippen LogP contribution in [-0.4, -0.2) is 29.8 Å². The highest BCUT2D eigenvalue weighted by molar-refractivity contribution is 5.93. The van der Waals surface area contributed by atoms with Crippen molar-refractivity contribution in [3.05, 3.63) is 35.4 Å². The molecule has 1 saturated heterocycles. The van der Waals surface area contributed by atoms with Gasteiger partial charge in [-0.2, -0.15) is 0 Å². The van der Waals surface area contributed by atoms with Crippen LogP contribution < -0.4 is 17.0 Å². The minimum atomic E-state index is -0.305. The molecule has 1 atom stereocenters. The van der Waals surface area contributed by atoms with Crippen molar-refractivity contribution in [2.45, 2.75) is 19.4 Å². The van der Waals surface area contributed by atoms with Gasteiger partial charge in [-0.3, -0.25) is 19.9 Å². The van der Waals surface area contributed by atoms with Gasteiger partial charge in [-0.25, -0.2) is 5.84 Å². The number of nitrogens with two attached hydrogens (primary N) is 2. The Kier molecular flexibility index (Phi) is 4.70. The lowest BCUT2D eigenvalue weighted by atomic mass is 9.97. The van der Waals surface area contributed by atoms with E-state index in [0.29, 0.717) is 18.7 Å². The van der Waals surface area contributed by atoms with Crippen LogP contribution in [0.5, 0.6) is 0 Å². The first-order valence-electron chi connectivity index (χ1n) is 6.71. The molecule has 1 aromatic carbocycles. The summed E-state index contributed by atoms with van der Waals surface area (Å²) in [5.41, 5.74) is 9.05. The van der Waals surface area contributed by atoms with Gasteiger partial charge >= 0.3 is 0 Å². The van der Waals surface area contributed by atoms with Crippen molar-refractivity contribution in [2.75, 3.05) is 13.1 Å². The second kappa shape index (κ2) is 6.49. The minimum absolute atomic E-state index is 0.0701. The Morgan fingerprint density at radius 3 is 2.90 bits per heavy atom. The van der Waals surface area contributed by atoms with Crippen molar-refractivity contribution in [1.29, 1.82) is 0 Å². The van der Waals surface area contributed by atoms with Crippen molar-refractivity contribution in [3.63, 3.8) is 0 Å². The second-order valence-electron chi connectivity index (χ2n) is 5.15. The smallest absolute Gasteiger partial charge is 0.265 e. The van der Waals surface area contributed by atoms with Crippen molar-refractivity contribution in [3.8, 4) is 0 Å². The van der Waals surface area contributed by atoms with E-state index < -0.39 is 0 Å². The van der Waals surface area contributed by atoms with Crippen molar-refractivity contribution >= 4 is 11.8 Å². The van der Waals surface area contributed by atoms with Gasteiger partial charge in [-0.1, -0.05) is 12.1 Å².